The zero-order valence-electron chi connectivity index (χ0n) is 13.3. The number of benzene rings is 1. The van der Waals surface area contributed by atoms with Crippen molar-refractivity contribution in [1.29, 1.82) is 0 Å². The molecule has 1 aromatic rings. The van der Waals surface area contributed by atoms with Crippen LogP contribution in [0.2, 0.25) is 0 Å². The number of thioether (sulfide) groups is 1. The third-order valence-electron chi connectivity index (χ3n) is 3.90. The lowest BCUT2D eigenvalue weighted by molar-refractivity contribution is 0.323. The Bertz CT molecular complexity index is 442. The van der Waals surface area contributed by atoms with E-state index < -0.39 is 0 Å². The number of methoxy groups -OCH3 is 3. The zero-order chi connectivity index (χ0) is 15.2. The zero-order valence-corrected chi connectivity index (χ0v) is 14.1. The minimum atomic E-state index is 0.572. The molecule has 118 valence electrons. The van der Waals surface area contributed by atoms with Crippen LogP contribution >= 0.6 is 11.8 Å². The van der Waals surface area contributed by atoms with Crippen LogP contribution in [0, 0.1) is 0 Å². The third kappa shape index (κ3) is 3.98. The van der Waals surface area contributed by atoms with Gasteiger partial charge in [0.15, 0.2) is 11.5 Å². The molecule has 1 heterocycles. The Labute approximate surface area is 131 Å². The number of hydrogen-bond donors (Lipinski definition) is 1. The van der Waals surface area contributed by atoms with Crippen LogP contribution in [-0.4, -0.2) is 38.4 Å². The Kier molecular flexibility index (Phi) is 6.06. The van der Waals surface area contributed by atoms with Crippen LogP contribution in [0.3, 0.4) is 0 Å². The maximum atomic E-state index is 5.40. The van der Waals surface area contributed by atoms with Crippen LogP contribution in [0.25, 0.3) is 0 Å². The van der Waals surface area contributed by atoms with Gasteiger partial charge in [0, 0.05) is 17.8 Å². The monoisotopic (exact) mass is 311 g/mol. The van der Waals surface area contributed by atoms with Crippen molar-refractivity contribution in [3.8, 4) is 17.2 Å². The molecule has 0 aromatic heterocycles. The van der Waals surface area contributed by atoms with Gasteiger partial charge in [-0.3, -0.25) is 0 Å². The van der Waals surface area contributed by atoms with Gasteiger partial charge in [0.25, 0.3) is 0 Å². The molecule has 1 aliphatic rings. The summed E-state index contributed by atoms with van der Waals surface area (Å²) in [6.45, 7) is 3.11. The van der Waals surface area contributed by atoms with E-state index in [1.54, 1.807) is 21.3 Å². The van der Waals surface area contributed by atoms with Crippen molar-refractivity contribution in [2.75, 3.05) is 27.1 Å². The van der Waals surface area contributed by atoms with E-state index in [2.05, 4.69) is 24.0 Å². The highest BCUT2D eigenvalue weighted by molar-refractivity contribution is 7.99. The Hall–Kier alpha value is -1.07. The lowest BCUT2D eigenvalue weighted by Gasteiger charge is -2.29. The largest absolute Gasteiger partial charge is 0.493 e. The summed E-state index contributed by atoms with van der Waals surface area (Å²) in [6.07, 6.45) is 2.54. The quantitative estimate of drug-likeness (QED) is 0.874. The lowest BCUT2D eigenvalue weighted by Crippen LogP contribution is -2.38. The topological polar surface area (TPSA) is 39.7 Å². The summed E-state index contributed by atoms with van der Waals surface area (Å²) >= 11 is 2.05. The van der Waals surface area contributed by atoms with Gasteiger partial charge in [-0.1, -0.05) is 6.92 Å². The van der Waals surface area contributed by atoms with Gasteiger partial charge < -0.3 is 19.5 Å². The van der Waals surface area contributed by atoms with Crippen molar-refractivity contribution in [2.45, 2.75) is 37.6 Å². The van der Waals surface area contributed by atoms with Crippen LogP contribution in [0.4, 0.5) is 0 Å². The number of nitrogens with one attached hydrogen (secondary N) is 1. The number of hydrogen-bond acceptors (Lipinski definition) is 5. The van der Waals surface area contributed by atoms with E-state index >= 15 is 0 Å². The first-order valence-corrected chi connectivity index (χ1v) is 8.38. The Morgan fingerprint density at radius 3 is 2.33 bits per heavy atom. The van der Waals surface area contributed by atoms with Crippen molar-refractivity contribution in [3.63, 3.8) is 0 Å². The van der Waals surface area contributed by atoms with Crippen molar-refractivity contribution < 1.29 is 14.2 Å². The van der Waals surface area contributed by atoms with Crippen LogP contribution in [-0.2, 0) is 6.54 Å². The molecule has 0 aliphatic carbocycles. The molecule has 1 aliphatic heterocycles. The molecule has 2 rings (SSSR count). The number of rotatable bonds is 6. The molecule has 0 radical (unpaired) electrons. The average Bonchev–Trinajstić information content (AvgIpc) is 2.52. The Morgan fingerprint density at radius 2 is 1.81 bits per heavy atom. The summed E-state index contributed by atoms with van der Waals surface area (Å²) in [5.74, 6) is 3.34. The summed E-state index contributed by atoms with van der Waals surface area (Å²) in [4.78, 5) is 0. The molecule has 0 bridgehead atoms. The molecular formula is C16H25NO3S. The highest BCUT2D eigenvalue weighted by Gasteiger charge is 2.21. The van der Waals surface area contributed by atoms with Gasteiger partial charge in [-0.2, -0.15) is 11.8 Å². The fraction of sp³-hybridized carbons (Fsp3) is 0.625. The SMILES string of the molecule is COc1cc(CNC2CCCSC2C)cc(OC)c1OC. The summed E-state index contributed by atoms with van der Waals surface area (Å²) in [7, 11) is 4.92. The van der Waals surface area contributed by atoms with Crippen LogP contribution in [0.5, 0.6) is 17.2 Å². The second kappa shape index (κ2) is 7.80. The first-order chi connectivity index (χ1) is 10.2. The fourth-order valence-electron chi connectivity index (χ4n) is 2.68. The molecule has 0 spiro atoms. The highest BCUT2D eigenvalue weighted by atomic mass is 32.2. The van der Waals surface area contributed by atoms with Crippen molar-refractivity contribution in [2.24, 2.45) is 0 Å². The lowest BCUT2D eigenvalue weighted by atomic mass is 10.1. The fourth-order valence-corrected chi connectivity index (χ4v) is 3.85. The van der Waals surface area contributed by atoms with E-state index in [0.29, 0.717) is 28.5 Å². The molecule has 21 heavy (non-hydrogen) atoms. The average molecular weight is 311 g/mol. The molecular weight excluding hydrogens is 286 g/mol. The van der Waals surface area contributed by atoms with Gasteiger partial charge in [0.05, 0.1) is 21.3 Å². The van der Waals surface area contributed by atoms with Gasteiger partial charge in [-0.25, -0.2) is 0 Å². The minimum Gasteiger partial charge on any atom is -0.493 e. The second-order valence-electron chi connectivity index (χ2n) is 5.24. The minimum absolute atomic E-state index is 0.572. The molecule has 1 saturated heterocycles. The van der Waals surface area contributed by atoms with Crippen molar-refractivity contribution in [3.05, 3.63) is 17.7 Å². The first kappa shape index (κ1) is 16.3. The summed E-state index contributed by atoms with van der Waals surface area (Å²) in [5.41, 5.74) is 1.15. The standard InChI is InChI=1S/C16H25NO3S/c1-11-13(6-5-7-21-11)17-10-12-8-14(18-2)16(20-4)15(9-12)19-3/h8-9,11,13,17H,5-7,10H2,1-4H3. The number of ether oxygens (including phenoxy) is 3. The van der Waals surface area contributed by atoms with E-state index in [-0.39, 0.29) is 0 Å². The summed E-state index contributed by atoms with van der Waals surface area (Å²) in [5, 5.41) is 4.32. The smallest absolute Gasteiger partial charge is 0.203 e. The summed E-state index contributed by atoms with van der Waals surface area (Å²) in [6, 6.07) is 4.59. The van der Waals surface area contributed by atoms with Gasteiger partial charge in [-0.05, 0) is 36.3 Å². The first-order valence-electron chi connectivity index (χ1n) is 7.33. The Morgan fingerprint density at radius 1 is 1.14 bits per heavy atom. The van der Waals surface area contributed by atoms with E-state index in [1.165, 1.54) is 18.6 Å². The summed E-state index contributed by atoms with van der Waals surface area (Å²) < 4.78 is 16.1. The van der Waals surface area contributed by atoms with E-state index in [0.717, 1.165) is 12.1 Å². The van der Waals surface area contributed by atoms with Gasteiger partial charge in [0.2, 0.25) is 5.75 Å². The third-order valence-corrected chi connectivity index (χ3v) is 5.28. The Balaban J connectivity index is 2.09. The molecule has 2 unspecified atom stereocenters. The van der Waals surface area contributed by atoms with E-state index in [1.807, 2.05) is 12.1 Å². The maximum Gasteiger partial charge on any atom is 0.203 e. The van der Waals surface area contributed by atoms with E-state index in [9.17, 15) is 0 Å². The molecule has 0 saturated carbocycles. The van der Waals surface area contributed by atoms with Gasteiger partial charge >= 0.3 is 0 Å². The molecule has 5 heteroatoms. The molecule has 1 fully saturated rings. The molecule has 0 amide bonds. The second-order valence-corrected chi connectivity index (χ2v) is 6.72. The predicted octanol–water partition coefficient (Wildman–Crippen LogP) is 3.09. The molecule has 1 N–H and O–H groups in total. The maximum absolute atomic E-state index is 5.40. The highest BCUT2D eigenvalue weighted by Crippen LogP contribution is 2.38. The van der Waals surface area contributed by atoms with Crippen LogP contribution in [0.15, 0.2) is 12.1 Å². The van der Waals surface area contributed by atoms with Gasteiger partial charge in [0.1, 0.15) is 0 Å². The predicted molar refractivity (Wildman–Crippen MR) is 87.9 cm³/mol. The van der Waals surface area contributed by atoms with Gasteiger partial charge in [-0.15, -0.1) is 0 Å². The van der Waals surface area contributed by atoms with Crippen LogP contribution < -0.4 is 19.5 Å². The normalized spacial score (nSPS) is 21.9. The van der Waals surface area contributed by atoms with E-state index in [4.69, 9.17) is 14.2 Å². The van der Waals surface area contributed by atoms with Crippen LogP contribution in [0.1, 0.15) is 25.3 Å². The van der Waals surface area contributed by atoms with Crippen molar-refractivity contribution >= 4 is 11.8 Å². The molecule has 1 aromatic carbocycles. The molecule has 2 atom stereocenters. The van der Waals surface area contributed by atoms with Crippen molar-refractivity contribution in [1.82, 2.24) is 5.32 Å². The molecule has 4 nitrogen and oxygen atoms in total.